The highest BCUT2D eigenvalue weighted by Crippen LogP contribution is 2.28. The van der Waals surface area contributed by atoms with E-state index < -0.39 is 0 Å². The fourth-order valence-corrected chi connectivity index (χ4v) is 3.57. The van der Waals surface area contributed by atoms with Crippen molar-refractivity contribution < 1.29 is 8.83 Å². The first kappa shape index (κ1) is 16.8. The number of furan rings is 2. The van der Waals surface area contributed by atoms with Gasteiger partial charge in [-0.2, -0.15) is 10.2 Å². The minimum atomic E-state index is 0.898. The molecule has 4 nitrogen and oxygen atoms in total. The van der Waals surface area contributed by atoms with Gasteiger partial charge in [-0.1, -0.05) is 0 Å². The van der Waals surface area contributed by atoms with Crippen molar-refractivity contribution in [2.24, 2.45) is 10.2 Å². The van der Waals surface area contributed by atoms with Crippen molar-refractivity contribution in [2.45, 2.75) is 52.4 Å². The van der Waals surface area contributed by atoms with Crippen molar-refractivity contribution in [3.63, 3.8) is 0 Å². The molecule has 0 aliphatic heterocycles. The predicted molar refractivity (Wildman–Crippen MR) is 105 cm³/mol. The highest BCUT2D eigenvalue weighted by atomic mass is 16.3. The summed E-state index contributed by atoms with van der Waals surface area (Å²) in [6.45, 7) is 3.93. The van der Waals surface area contributed by atoms with E-state index in [1.54, 1.807) is 0 Å². The third-order valence-electron chi connectivity index (χ3n) is 4.91. The van der Waals surface area contributed by atoms with Crippen LogP contribution in [-0.2, 0) is 0 Å². The molecule has 4 heteroatoms. The average Bonchev–Trinajstić information content (AvgIpc) is 3.38. The maximum Gasteiger partial charge on any atom is 0.127 e. The molecule has 0 N–H and O–H groups in total. The minimum Gasteiger partial charge on any atom is -0.462 e. The van der Waals surface area contributed by atoms with Crippen LogP contribution >= 0.6 is 0 Å². The van der Waals surface area contributed by atoms with Crippen LogP contribution in [0.25, 0.3) is 12.2 Å². The van der Waals surface area contributed by atoms with Gasteiger partial charge >= 0.3 is 0 Å². The quantitative estimate of drug-likeness (QED) is 0.627. The third-order valence-corrected chi connectivity index (χ3v) is 4.91. The summed E-state index contributed by atoms with van der Waals surface area (Å²) in [5, 5.41) is 9.22. The molecule has 2 fully saturated rings. The Bertz CT molecular complexity index is 845. The first-order valence-electron chi connectivity index (χ1n) is 9.35. The SMILES string of the molecule is Cc1ccc(\C=C2/CCC/C2=N\N=C2/CCC/C2=C\c2ccc(C)o2)o1. The van der Waals surface area contributed by atoms with Crippen LogP contribution in [-0.4, -0.2) is 11.4 Å². The van der Waals surface area contributed by atoms with Gasteiger partial charge in [-0.25, -0.2) is 0 Å². The lowest BCUT2D eigenvalue weighted by molar-refractivity contribution is 0.524. The van der Waals surface area contributed by atoms with E-state index in [0.29, 0.717) is 0 Å². The molecule has 2 heterocycles. The van der Waals surface area contributed by atoms with E-state index in [-0.39, 0.29) is 0 Å². The lowest BCUT2D eigenvalue weighted by Gasteiger charge is -2.00. The second kappa shape index (κ2) is 7.32. The number of hydrogen-bond acceptors (Lipinski definition) is 4. The summed E-state index contributed by atoms with van der Waals surface area (Å²) in [7, 11) is 0. The molecule has 0 radical (unpaired) electrons. The van der Waals surface area contributed by atoms with E-state index >= 15 is 0 Å². The monoisotopic (exact) mass is 348 g/mol. The minimum absolute atomic E-state index is 0.898. The molecule has 4 rings (SSSR count). The standard InChI is InChI=1S/C22H24N2O2/c1-15-9-11-19(25-15)13-17-5-3-7-21(17)23-24-22-8-4-6-18(22)14-20-12-10-16(2)26-20/h9-14H,3-8H2,1-2H3/b17-13+,18-14+,23-21+,24-22+. The van der Waals surface area contributed by atoms with Crippen LogP contribution in [0, 0.1) is 13.8 Å². The summed E-state index contributed by atoms with van der Waals surface area (Å²) < 4.78 is 11.3. The van der Waals surface area contributed by atoms with E-state index in [2.05, 4.69) is 22.4 Å². The van der Waals surface area contributed by atoms with Crippen LogP contribution in [0.15, 0.2) is 54.4 Å². The van der Waals surface area contributed by atoms with Crippen molar-refractivity contribution in [1.29, 1.82) is 0 Å². The van der Waals surface area contributed by atoms with Gasteiger partial charge in [0, 0.05) is 0 Å². The summed E-state index contributed by atoms with van der Waals surface area (Å²) >= 11 is 0. The lowest BCUT2D eigenvalue weighted by atomic mass is 10.1. The first-order valence-corrected chi connectivity index (χ1v) is 9.35. The fraction of sp³-hybridized carbons (Fsp3) is 0.364. The molecule has 0 atom stereocenters. The number of hydrogen-bond donors (Lipinski definition) is 0. The Hall–Kier alpha value is -2.62. The molecule has 0 saturated heterocycles. The summed E-state index contributed by atoms with van der Waals surface area (Å²) in [5.74, 6) is 3.66. The van der Waals surface area contributed by atoms with Crippen molar-refractivity contribution in [3.8, 4) is 0 Å². The zero-order valence-electron chi connectivity index (χ0n) is 15.4. The van der Waals surface area contributed by atoms with Crippen LogP contribution in [0.2, 0.25) is 0 Å². The zero-order valence-corrected chi connectivity index (χ0v) is 15.4. The first-order chi connectivity index (χ1) is 12.7. The van der Waals surface area contributed by atoms with Gasteiger partial charge in [-0.05, 0) is 99.9 Å². The molecular weight excluding hydrogens is 324 g/mol. The highest BCUT2D eigenvalue weighted by molar-refractivity contribution is 6.08. The van der Waals surface area contributed by atoms with Gasteiger partial charge in [0.2, 0.25) is 0 Å². The molecule has 0 aromatic carbocycles. The second-order valence-corrected chi connectivity index (χ2v) is 7.04. The molecular formula is C22H24N2O2. The number of nitrogens with zero attached hydrogens (tertiary/aromatic N) is 2. The normalized spacial score (nSPS) is 23.9. The van der Waals surface area contributed by atoms with E-state index in [1.165, 1.54) is 11.1 Å². The molecule has 2 saturated carbocycles. The van der Waals surface area contributed by atoms with Crippen molar-refractivity contribution in [3.05, 3.63) is 58.5 Å². The lowest BCUT2D eigenvalue weighted by Crippen LogP contribution is -1.96. The van der Waals surface area contributed by atoms with Gasteiger partial charge in [0.05, 0.1) is 11.4 Å². The Morgan fingerprint density at radius 3 is 1.54 bits per heavy atom. The highest BCUT2D eigenvalue weighted by Gasteiger charge is 2.18. The molecule has 2 aliphatic rings. The van der Waals surface area contributed by atoms with Crippen molar-refractivity contribution in [1.82, 2.24) is 0 Å². The van der Waals surface area contributed by atoms with E-state index in [1.807, 2.05) is 38.1 Å². The van der Waals surface area contributed by atoms with Gasteiger partial charge in [-0.3, -0.25) is 0 Å². The van der Waals surface area contributed by atoms with Crippen LogP contribution in [0.4, 0.5) is 0 Å². The van der Waals surface area contributed by atoms with Crippen molar-refractivity contribution >= 4 is 23.6 Å². The van der Waals surface area contributed by atoms with Gasteiger partial charge in [0.15, 0.2) is 0 Å². The van der Waals surface area contributed by atoms with Gasteiger partial charge in [0.25, 0.3) is 0 Å². The smallest absolute Gasteiger partial charge is 0.127 e. The molecule has 0 bridgehead atoms. The summed E-state index contributed by atoms with van der Waals surface area (Å²) in [6, 6.07) is 8.00. The third kappa shape index (κ3) is 3.79. The molecule has 134 valence electrons. The van der Waals surface area contributed by atoms with Gasteiger partial charge in [0.1, 0.15) is 23.0 Å². The maximum atomic E-state index is 5.67. The largest absolute Gasteiger partial charge is 0.462 e. The number of aryl methyl sites for hydroxylation is 2. The molecule has 0 unspecified atom stereocenters. The number of allylic oxidation sites excluding steroid dienone is 2. The second-order valence-electron chi connectivity index (χ2n) is 7.04. The van der Waals surface area contributed by atoms with E-state index in [0.717, 1.165) is 73.0 Å². The van der Waals surface area contributed by atoms with Crippen LogP contribution in [0.3, 0.4) is 0 Å². The Labute approximate surface area is 154 Å². The zero-order chi connectivity index (χ0) is 17.9. The summed E-state index contributed by atoms with van der Waals surface area (Å²) in [5.41, 5.74) is 4.67. The molecule has 0 amide bonds. The Kier molecular flexibility index (Phi) is 4.74. The van der Waals surface area contributed by atoms with E-state index in [9.17, 15) is 0 Å². The number of rotatable bonds is 3. The fourth-order valence-electron chi connectivity index (χ4n) is 3.57. The average molecular weight is 348 g/mol. The van der Waals surface area contributed by atoms with Crippen LogP contribution < -0.4 is 0 Å². The van der Waals surface area contributed by atoms with Crippen molar-refractivity contribution in [2.75, 3.05) is 0 Å². The van der Waals surface area contributed by atoms with E-state index in [4.69, 9.17) is 8.83 Å². The topological polar surface area (TPSA) is 51.0 Å². The molecule has 26 heavy (non-hydrogen) atoms. The van der Waals surface area contributed by atoms with Crippen LogP contribution in [0.5, 0.6) is 0 Å². The van der Waals surface area contributed by atoms with Gasteiger partial charge < -0.3 is 8.83 Å². The summed E-state index contributed by atoms with van der Waals surface area (Å²) in [6.07, 6.45) is 10.5. The Morgan fingerprint density at radius 1 is 0.692 bits per heavy atom. The van der Waals surface area contributed by atoms with Gasteiger partial charge in [-0.15, -0.1) is 0 Å². The Morgan fingerprint density at radius 2 is 1.15 bits per heavy atom. The maximum absolute atomic E-state index is 5.67. The molecule has 2 aliphatic carbocycles. The molecule has 2 aromatic rings. The Balaban J connectivity index is 1.56. The predicted octanol–water partition coefficient (Wildman–Crippen LogP) is 6.12. The van der Waals surface area contributed by atoms with Crippen LogP contribution in [0.1, 0.15) is 61.6 Å². The molecule has 2 aromatic heterocycles. The summed E-state index contributed by atoms with van der Waals surface area (Å²) in [4.78, 5) is 0. The molecule has 0 spiro atoms.